The Bertz CT molecular complexity index is 951. The number of hydrogen-bond acceptors (Lipinski definition) is 4. The predicted octanol–water partition coefficient (Wildman–Crippen LogP) is 4.45. The first kappa shape index (κ1) is 20.4. The van der Waals surface area contributed by atoms with Crippen molar-refractivity contribution in [2.24, 2.45) is 5.10 Å². The number of likely N-dealkylation sites (N-methyl/N-ethyl adjacent to an activating group) is 1. The minimum atomic E-state index is -0.300. The number of rotatable bonds is 5. The van der Waals surface area contributed by atoms with Gasteiger partial charge in [-0.1, -0.05) is 24.3 Å². The lowest BCUT2D eigenvalue weighted by molar-refractivity contribution is -0.123. The predicted molar refractivity (Wildman–Crippen MR) is 123 cm³/mol. The molecule has 2 aromatic rings. The number of nitrogens with one attached hydrogen (secondary N) is 1. The van der Waals surface area contributed by atoms with Gasteiger partial charge in [-0.05, 0) is 78.8 Å². The van der Waals surface area contributed by atoms with Crippen LogP contribution in [0.2, 0.25) is 0 Å². The van der Waals surface area contributed by atoms with E-state index in [1.807, 2.05) is 30.3 Å². The summed E-state index contributed by atoms with van der Waals surface area (Å²) in [7, 11) is 2.10. The molecule has 0 fully saturated rings. The van der Waals surface area contributed by atoms with E-state index in [2.05, 4.69) is 84.0 Å². The summed E-state index contributed by atoms with van der Waals surface area (Å²) in [5.41, 5.74) is 7.04. The molecule has 0 saturated carbocycles. The molecule has 0 aliphatic carbocycles. The maximum atomic E-state index is 11.9. The SMILES string of the molecule is CC1=CC(C)(C)N(C)c2ccc(/C=N/NC(=O)COc3ccccc3I)cc21. The van der Waals surface area contributed by atoms with E-state index in [1.165, 1.54) is 16.8 Å². The Hall–Kier alpha value is -2.35. The average Bonchev–Trinajstić information content (AvgIpc) is 2.65. The van der Waals surface area contributed by atoms with Crippen LogP contribution in [0.1, 0.15) is 31.9 Å². The van der Waals surface area contributed by atoms with Gasteiger partial charge in [0.15, 0.2) is 6.61 Å². The van der Waals surface area contributed by atoms with Crippen molar-refractivity contribution in [1.29, 1.82) is 0 Å². The molecule has 1 heterocycles. The second-order valence-corrected chi connectivity index (χ2v) is 8.49. The van der Waals surface area contributed by atoms with Gasteiger partial charge in [-0.2, -0.15) is 5.10 Å². The first-order valence-corrected chi connectivity index (χ1v) is 10.1. The number of nitrogens with zero attached hydrogens (tertiary/aromatic N) is 2. The summed E-state index contributed by atoms with van der Waals surface area (Å²) in [5.74, 6) is 0.387. The third-order valence-corrected chi connectivity index (χ3v) is 5.73. The van der Waals surface area contributed by atoms with Crippen molar-refractivity contribution in [3.8, 4) is 5.75 Å². The van der Waals surface area contributed by atoms with E-state index in [9.17, 15) is 4.79 Å². The normalized spacial score (nSPS) is 15.2. The van der Waals surface area contributed by atoms with E-state index in [0.29, 0.717) is 5.75 Å². The second-order valence-electron chi connectivity index (χ2n) is 7.33. The van der Waals surface area contributed by atoms with Crippen molar-refractivity contribution < 1.29 is 9.53 Å². The molecule has 0 radical (unpaired) electrons. The Labute approximate surface area is 179 Å². The molecule has 28 heavy (non-hydrogen) atoms. The number of amides is 1. The van der Waals surface area contributed by atoms with Crippen molar-refractivity contribution in [1.82, 2.24) is 5.43 Å². The van der Waals surface area contributed by atoms with Crippen molar-refractivity contribution >= 4 is 46.0 Å². The highest BCUT2D eigenvalue weighted by Gasteiger charge is 2.28. The number of ether oxygens (including phenoxy) is 1. The van der Waals surface area contributed by atoms with Crippen LogP contribution in [0.3, 0.4) is 0 Å². The molecule has 5 nitrogen and oxygen atoms in total. The Morgan fingerprint density at radius 3 is 2.79 bits per heavy atom. The molecular weight excluding hydrogens is 465 g/mol. The number of anilines is 1. The number of hydrogen-bond donors (Lipinski definition) is 1. The van der Waals surface area contributed by atoms with E-state index in [4.69, 9.17) is 4.74 Å². The van der Waals surface area contributed by atoms with Gasteiger partial charge < -0.3 is 9.64 Å². The van der Waals surface area contributed by atoms with Gasteiger partial charge >= 0.3 is 0 Å². The number of para-hydroxylation sites is 1. The molecule has 1 aliphatic rings. The van der Waals surface area contributed by atoms with Gasteiger partial charge in [-0.15, -0.1) is 0 Å². The molecule has 2 aromatic carbocycles. The van der Waals surface area contributed by atoms with Gasteiger partial charge in [0, 0.05) is 18.3 Å². The summed E-state index contributed by atoms with van der Waals surface area (Å²) in [4.78, 5) is 14.2. The van der Waals surface area contributed by atoms with E-state index < -0.39 is 0 Å². The Kier molecular flexibility index (Phi) is 6.07. The van der Waals surface area contributed by atoms with Crippen molar-refractivity contribution in [2.45, 2.75) is 26.3 Å². The molecule has 0 bridgehead atoms. The fourth-order valence-electron chi connectivity index (χ4n) is 3.17. The molecule has 0 saturated heterocycles. The number of carbonyl (C=O) groups excluding carboxylic acids is 1. The lowest BCUT2D eigenvalue weighted by Crippen LogP contribution is -2.42. The smallest absolute Gasteiger partial charge is 0.277 e. The summed E-state index contributed by atoms with van der Waals surface area (Å²) in [6.45, 7) is 6.44. The van der Waals surface area contributed by atoms with Crippen LogP contribution in [0.15, 0.2) is 53.6 Å². The van der Waals surface area contributed by atoms with Gasteiger partial charge in [0.25, 0.3) is 5.91 Å². The molecule has 1 aliphatic heterocycles. The molecule has 0 atom stereocenters. The zero-order valence-electron chi connectivity index (χ0n) is 16.5. The van der Waals surface area contributed by atoms with E-state index in [0.717, 1.165) is 9.13 Å². The molecule has 3 rings (SSSR count). The third-order valence-electron chi connectivity index (χ3n) is 4.84. The number of hydrazone groups is 1. The highest BCUT2D eigenvalue weighted by molar-refractivity contribution is 14.1. The quantitative estimate of drug-likeness (QED) is 0.384. The molecule has 146 valence electrons. The number of halogens is 1. The largest absolute Gasteiger partial charge is 0.483 e. The summed E-state index contributed by atoms with van der Waals surface area (Å²) >= 11 is 2.17. The highest BCUT2D eigenvalue weighted by atomic mass is 127. The number of allylic oxidation sites excluding steroid dienone is 1. The van der Waals surface area contributed by atoms with E-state index in [-0.39, 0.29) is 18.1 Å². The molecule has 1 N–H and O–H groups in total. The first-order valence-electron chi connectivity index (χ1n) is 9.05. The van der Waals surface area contributed by atoms with Crippen LogP contribution in [0, 0.1) is 3.57 Å². The van der Waals surface area contributed by atoms with Crippen molar-refractivity contribution in [3.63, 3.8) is 0 Å². The lowest BCUT2D eigenvalue weighted by atomic mass is 9.89. The number of carbonyl (C=O) groups is 1. The van der Waals surface area contributed by atoms with Crippen LogP contribution in [0.5, 0.6) is 5.75 Å². The van der Waals surface area contributed by atoms with Gasteiger partial charge in [0.2, 0.25) is 0 Å². The Morgan fingerprint density at radius 2 is 2.04 bits per heavy atom. The minimum Gasteiger partial charge on any atom is -0.483 e. The summed E-state index contributed by atoms with van der Waals surface area (Å²) in [6.07, 6.45) is 3.91. The fourth-order valence-corrected chi connectivity index (χ4v) is 3.72. The van der Waals surface area contributed by atoms with Gasteiger partial charge in [-0.25, -0.2) is 5.43 Å². The highest BCUT2D eigenvalue weighted by Crippen LogP contribution is 2.37. The van der Waals surface area contributed by atoms with Crippen LogP contribution in [0.4, 0.5) is 5.69 Å². The lowest BCUT2D eigenvalue weighted by Gasteiger charge is -2.40. The number of benzene rings is 2. The standard InChI is InChI=1S/C22H24IN3O2/c1-15-12-22(2,3)26(4)19-10-9-16(11-17(15)19)13-24-25-21(27)14-28-20-8-6-5-7-18(20)23/h5-13H,14H2,1-4H3,(H,25,27)/b24-13+. The minimum absolute atomic E-state index is 0.0166. The Morgan fingerprint density at radius 1 is 1.29 bits per heavy atom. The number of fused-ring (bicyclic) bond motifs is 1. The molecule has 6 heteroatoms. The summed E-state index contributed by atoms with van der Waals surface area (Å²) in [5, 5.41) is 4.06. The zero-order chi connectivity index (χ0) is 20.3. The Balaban J connectivity index is 1.62. The molecule has 0 unspecified atom stereocenters. The van der Waals surface area contributed by atoms with Gasteiger partial charge in [0.05, 0.1) is 15.3 Å². The van der Waals surface area contributed by atoms with E-state index >= 15 is 0 Å². The average molecular weight is 489 g/mol. The second kappa shape index (κ2) is 8.34. The van der Waals surface area contributed by atoms with Gasteiger partial charge in [-0.3, -0.25) is 4.79 Å². The monoisotopic (exact) mass is 489 g/mol. The van der Waals surface area contributed by atoms with Crippen LogP contribution < -0.4 is 15.1 Å². The molecular formula is C22H24IN3O2. The maximum Gasteiger partial charge on any atom is 0.277 e. The topological polar surface area (TPSA) is 53.9 Å². The fraction of sp³-hybridized carbons (Fsp3) is 0.273. The van der Waals surface area contributed by atoms with Crippen LogP contribution in [0.25, 0.3) is 5.57 Å². The third kappa shape index (κ3) is 4.55. The van der Waals surface area contributed by atoms with Crippen LogP contribution >= 0.6 is 22.6 Å². The van der Waals surface area contributed by atoms with E-state index in [1.54, 1.807) is 6.21 Å². The van der Waals surface area contributed by atoms with Crippen LogP contribution in [-0.2, 0) is 4.79 Å². The summed E-state index contributed by atoms with van der Waals surface area (Å²) < 4.78 is 6.47. The molecule has 0 aromatic heterocycles. The summed E-state index contributed by atoms with van der Waals surface area (Å²) in [6, 6.07) is 13.7. The van der Waals surface area contributed by atoms with Crippen LogP contribution in [-0.4, -0.2) is 31.3 Å². The van der Waals surface area contributed by atoms with Gasteiger partial charge in [0.1, 0.15) is 5.75 Å². The van der Waals surface area contributed by atoms with Crippen molar-refractivity contribution in [3.05, 3.63) is 63.2 Å². The zero-order valence-corrected chi connectivity index (χ0v) is 18.6. The first-order chi connectivity index (χ1) is 13.3. The molecule has 1 amide bonds. The maximum absolute atomic E-state index is 11.9. The van der Waals surface area contributed by atoms with Crippen molar-refractivity contribution in [2.75, 3.05) is 18.6 Å². The molecule has 0 spiro atoms.